The van der Waals surface area contributed by atoms with Gasteiger partial charge in [-0.3, -0.25) is 0 Å². The van der Waals surface area contributed by atoms with Crippen molar-refractivity contribution in [2.24, 2.45) is 0 Å². The minimum atomic E-state index is 0. The predicted molar refractivity (Wildman–Crippen MR) is 2.62 cm³/mol. The summed E-state index contributed by atoms with van der Waals surface area (Å²) in [6.07, 6.45) is 0. The molecule has 0 aromatic heterocycles. The van der Waals surface area contributed by atoms with Crippen molar-refractivity contribution in [3.05, 3.63) is 0 Å². The summed E-state index contributed by atoms with van der Waals surface area (Å²) < 4.78 is 8.12. The van der Waals surface area contributed by atoms with E-state index in [1.54, 1.807) is 0 Å². The normalized spacial score (nSPS) is 1.00. The molecule has 0 amide bonds. The molecule has 0 aromatic carbocycles. The summed E-state index contributed by atoms with van der Waals surface area (Å²) >= 11 is 1.38. The van der Waals surface area contributed by atoms with Gasteiger partial charge in [-0.15, -0.1) is 0 Å². The Morgan fingerprint density at radius 3 is 1.25 bits per heavy atom. The zero-order valence-corrected chi connectivity index (χ0v) is 5.54. The topological polar surface area (TPSA) is 47.1 Å². The third kappa shape index (κ3) is 10.4. The van der Waals surface area contributed by atoms with Crippen LogP contribution in [0.1, 0.15) is 0 Å². The summed E-state index contributed by atoms with van der Waals surface area (Å²) in [5.41, 5.74) is 0. The molecule has 1 N–H and O–H groups in total. The van der Waals surface area contributed by atoms with Crippen LogP contribution in [0.2, 0.25) is 0 Å². The van der Waals surface area contributed by atoms with Gasteiger partial charge in [0.1, 0.15) is 0 Å². The molecule has 0 radical (unpaired) electrons. The molecule has 0 unspecified atom stereocenters. The molecule has 0 aliphatic carbocycles. The van der Waals surface area contributed by atoms with E-state index in [4.69, 9.17) is 3.80 Å². The molecule has 4 heavy (non-hydrogen) atoms. The van der Waals surface area contributed by atoms with Crippen LogP contribution in [0.4, 0.5) is 0 Å². The molecule has 0 rings (SSSR count). The maximum atomic E-state index is 8.12. The summed E-state index contributed by atoms with van der Waals surface area (Å²) in [6, 6.07) is 0. The average molecular weight is 108 g/mol. The van der Waals surface area contributed by atoms with Crippen LogP contribution >= 0.6 is 0 Å². The van der Waals surface area contributed by atoms with Gasteiger partial charge < -0.3 is 5.48 Å². The second-order valence-electron chi connectivity index (χ2n) is 0. The third-order valence-electron chi connectivity index (χ3n) is 0. The van der Waals surface area contributed by atoms with Gasteiger partial charge in [-0.1, -0.05) is 0 Å². The first kappa shape index (κ1) is 18.6. The molecule has 0 aliphatic heterocycles. The first-order chi connectivity index (χ1) is 1.00. The van der Waals surface area contributed by atoms with Crippen molar-refractivity contribution in [2.75, 3.05) is 0 Å². The monoisotopic (exact) mass is 108 g/mol. The molecule has 0 heterocycles. The van der Waals surface area contributed by atoms with Crippen LogP contribution in [-0.2, 0) is 20.0 Å². The predicted octanol–water partition coefficient (Wildman–Crippen LogP) is -3.29. The second-order valence-corrected chi connectivity index (χ2v) is 0. The van der Waals surface area contributed by atoms with Gasteiger partial charge in [0.05, 0.1) is 0 Å². The van der Waals surface area contributed by atoms with Crippen LogP contribution in [0, 0.1) is 0 Å². The van der Waals surface area contributed by atoms with Crippen LogP contribution < -0.4 is 29.6 Å². The Morgan fingerprint density at radius 2 is 1.25 bits per heavy atom. The molecule has 0 saturated carbocycles. The Kier molecular flexibility index (Phi) is 129. The molecule has 0 spiro atoms. The van der Waals surface area contributed by atoms with Crippen LogP contribution in [0.5, 0.6) is 0 Å². The van der Waals surface area contributed by atoms with Crippen molar-refractivity contribution in [2.45, 2.75) is 0 Å². The van der Waals surface area contributed by atoms with E-state index in [2.05, 4.69) is 0 Å². The van der Waals surface area contributed by atoms with E-state index in [-0.39, 0.29) is 35.0 Å². The third-order valence-corrected chi connectivity index (χ3v) is 0. The molecular weight excluding hydrogens is 107 g/mol. The molecule has 0 aliphatic rings. The van der Waals surface area contributed by atoms with Crippen LogP contribution in [0.15, 0.2) is 0 Å². The Labute approximate surface area is 54.8 Å². The van der Waals surface area contributed by atoms with E-state index >= 15 is 0 Å². The van der Waals surface area contributed by atoms with E-state index in [0.717, 1.165) is 0 Å². The van der Waals surface area contributed by atoms with E-state index < -0.39 is 0 Å². The van der Waals surface area contributed by atoms with Crippen LogP contribution in [0.25, 0.3) is 0 Å². The van der Waals surface area contributed by atoms with Crippen molar-refractivity contribution in [1.29, 1.82) is 0 Å². The van der Waals surface area contributed by atoms with Gasteiger partial charge in [-0.2, -0.15) is 0 Å². The summed E-state index contributed by atoms with van der Waals surface area (Å²) in [5.74, 6) is 0. The van der Waals surface area contributed by atoms with Crippen LogP contribution in [-0.4, -0.2) is 5.48 Å². The zero-order chi connectivity index (χ0) is 2.00. The number of rotatable bonds is 0. The van der Waals surface area contributed by atoms with Crippen molar-refractivity contribution in [1.82, 2.24) is 0 Å². The van der Waals surface area contributed by atoms with E-state index in [0.29, 0.717) is 0 Å². The maximum absolute atomic E-state index is 8.12. The van der Waals surface area contributed by atoms with Gasteiger partial charge in [-0.25, -0.2) is 0 Å². The Hall–Kier alpha value is 1.29. The fourth-order valence-corrected chi connectivity index (χ4v) is 0. The molecule has 20 valence electrons. The molecule has 0 aromatic rings. The van der Waals surface area contributed by atoms with E-state index in [1.165, 1.54) is 16.2 Å². The standard InChI is InChI=1S/Cr.Na.H2O.O/h;;1H2;/q;+1;;/p-1. The Bertz CT molecular complexity index is 6.00. The minimum absolute atomic E-state index is 0. The van der Waals surface area contributed by atoms with E-state index in [1.807, 2.05) is 0 Å². The first-order valence-corrected chi connectivity index (χ1v) is 0.687. The van der Waals surface area contributed by atoms with Gasteiger partial charge in [0.25, 0.3) is 0 Å². The molecule has 0 bridgehead atoms. The quantitative estimate of drug-likeness (QED) is 0.305. The SMILES string of the molecule is [Na+].[OH-].[O]=[Cr]. The summed E-state index contributed by atoms with van der Waals surface area (Å²) in [6.45, 7) is 0. The molecule has 2 nitrogen and oxygen atoms in total. The van der Waals surface area contributed by atoms with Gasteiger partial charge in [0, 0.05) is 0 Å². The van der Waals surface area contributed by atoms with Crippen molar-refractivity contribution in [3.8, 4) is 0 Å². The fourth-order valence-electron chi connectivity index (χ4n) is 0. The van der Waals surface area contributed by atoms with Crippen molar-refractivity contribution in [3.63, 3.8) is 0 Å². The van der Waals surface area contributed by atoms with Crippen molar-refractivity contribution >= 4 is 0 Å². The van der Waals surface area contributed by atoms with Gasteiger partial charge >= 0.3 is 49.6 Å². The van der Waals surface area contributed by atoms with Gasteiger partial charge in [-0.05, 0) is 0 Å². The summed E-state index contributed by atoms with van der Waals surface area (Å²) in [4.78, 5) is 0. The average Bonchev–Trinajstić information content (AvgIpc) is 1.00. The van der Waals surface area contributed by atoms with Crippen LogP contribution in [0.3, 0.4) is 0 Å². The Morgan fingerprint density at radius 1 is 1.25 bits per heavy atom. The number of hydrogen-bond donors (Lipinski definition) is 0. The molecule has 4 heteroatoms. The van der Waals surface area contributed by atoms with E-state index in [9.17, 15) is 0 Å². The number of hydrogen-bond acceptors (Lipinski definition) is 2. The summed E-state index contributed by atoms with van der Waals surface area (Å²) in [5, 5.41) is 0. The molecular formula is HCrNaO2. The van der Waals surface area contributed by atoms with Crippen molar-refractivity contribution < 1.29 is 55.1 Å². The molecule has 0 fully saturated rings. The summed E-state index contributed by atoms with van der Waals surface area (Å²) in [7, 11) is 0. The Balaban J connectivity index is -0.00000000500. The van der Waals surface area contributed by atoms with Gasteiger partial charge in [0.15, 0.2) is 0 Å². The zero-order valence-electron chi connectivity index (χ0n) is 2.26. The van der Waals surface area contributed by atoms with Gasteiger partial charge in [0.2, 0.25) is 0 Å². The molecule has 0 saturated heterocycles. The second kappa shape index (κ2) is 27.9. The first-order valence-electron chi connectivity index (χ1n) is 0.167. The molecule has 0 atom stereocenters. The fraction of sp³-hybridized carbons (Fsp3) is 0.